The number of nitrogens with one attached hydrogen (secondary N) is 1. The van der Waals surface area contributed by atoms with Crippen LogP contribution in [0.5, 0.6) is 0 Å². The lowest BCUT2D eigenvalue weighted by Gasteiger charge is -2.29. The first-order valence-corrected chi connectivity index (χ1v) is 10.1. The number of aliphatic hydroxyl groups excluding tert-OH is 1. The summed E-state index contributed by atoms with van der Waals surface area (Å²) in [6.45, 7) is 0.971. The van der Waals surface area contributed by atoms with Crippen molar-refractivity contribution in [2.75, 3.05) is 6.54 Å². The van der Waals surface area contributed by atoms with Crippen molar-refractivity contribution in [1.82, 2.24) is 10.3 Å². The number of rotatable bonds is 3. The number of halogens is 1. The van der Waals surface area contributed by atoms with E-state index in [-0.39, 0.29) is 18.4 Å². The molecular weight excluding hydrogens is 380 g/mol. The highest BCUT2D eigenvalue weighted by Gasteiger charge is 2.25. The van der Waals surface area contributed by atoms with E-state index in [0.717, 1.165) is 52.5 Å². The summed E-state index contributed by atoms with van der Waals surface area (Å²) < 4.78 is 0. The fourth-order valence-electron chi connectivity index (χ4n) is 4.35. The molecule has 0 radical (unpaired) electrons. The van der Waals surface area contributed by atoms with Gasteiger partial charge in [0.05, 0.1) is 17.3 Å². The molecule has 1 aromatic heterocycles. The van der Waals surface area contributed by atoms with Crippen LogP contribution in [0.15, 0.2) is 72.8 Å². The van der Waals surface area contributed by atoms with E-state index in [0.29, 0.717) is 0 Å². The zero-order valence-electron chi connectivity index (χ0n) is 16.2. The second kappa shape index (κ2) is 8.50. The second-order valence-corrected chi connectivity index (χ2v) is 7.65. The molecule has 5 rings (SSSR count). The molecule has 1 aliphatic rings. The first-order chi connectivity index (χ1) is 13.8. The minimum absolute atomic E-state index is 0. The van der Waals surface area contributed by atoms with Crippen molar-refractivity contribution in [2.24, 2.45) is 0 Å². The van der Waals surface area contributed by atoms with Gasteiger partial charge in [-0.15, -0.1) is 12.4 Å². The van der Waals surface area contributed by atoms with Crippen LogP contribution in [-0.2, 0) is 0 Å². The average Bonchev–Trinajstić information content (AvgIpc) is 2.79. The van der Waals surface area contributed by atoms with Gasteiger partial charge >= 0.3 is 0 Å². The van der Waals surface area contributed by atoms with Crippen molar-refractivity contribution in [3.05, 3.63) is 78.4 Å². The van der Waals surface area contributed by atoms with Gasteiger partial charge in [0, 0.05) is 22.4 Å². The maximum Gasteiger partial charge on any atom is 0.0950 e. The summed E-state index contributed by atoms with van der Waals surface area (Å²) in [5.41, 5.74) is 3.91. The first kappa shape index (κ1) is 19.8. The molecule has 1 fully saturated rings. The molecule has 2 heterocycles. The molecule has 4 heteroatoms. The Morgan fingerprint density at radius 2 is 1.69 bits per heavy atom. The molecule has 0 spiro atoms. The first-order valence-electron chi connectivity index (χ1n) is 10.1. The van der Waals surface area contributed by atoms with Gasteiger partial charge in [-0.25, -0.2) is 4.98 Å². The SMILES string of the molecule is Cl.OC(c1cc(-c2ccccc2)nc2c1ccc1ccccc12)C1CCCCN1. The Balaban J connectivity index is 0.00000205. The quantitative estimate of drug-likeness (QED) is 0.433. The fourth-order valence-corrected chi connectivity index (χ4v) is 4.35. The van der Waals surface area contributed by atoms with Crippen LogP contribution in [-0.4, -0.2) is 22.7 Å². The molecule has 4 aromatic rings. The summed E-state index contributed by atoms with van der Waals surface area (Å²) in [4.78, 5) is 5.03. The van der Waals surface area contributed by atoms with Crippen LogP contribution in [0, 0.1) is 0 Å². The normalized spacial score (nSPS) is 17.8. The minimum Gasteiger partial charge on any atom is -0.387 e. The van der Waals surface area contributed by atoms with Gasteiger partial charge in [-0.1, -0.05) is 73.2 Å². The van der Waals surface area contributed by atoms with E-state index >= 15 is 0 Å². The van der Waals surface area contributed by atoms with E-state index in [1.165, 1.54) is 11.8 Å². The molecule has 2 N–H and O–H groups in total. The molecule has 0 amide bonds. The number of aromatic nitrogens is 1. The smallest absolute Gasteiger partial charge is 0.0950 e. The molecule has 2 unspecified atom stereocenters. The number of aliphatic hydroxyl groups is 1. The number of fused-ring (bicyclic) bond motifs is 3. The molecule has 29 heavy (non-hydrogen) atoms. The van der Waals surface area contributed by atoms with Crippen LogP contribution >= 0.6 is 12.4 Å². The highest BCUT2D eigenvalue weighted by molar-refractivity contribution is 6.07. The van der Waals surface area contributed by atoms with Crippen LogP contribution in [0.4, 0.5) is 0 Å². The van der Waals surface area contributed by atoms with Gasteiger partial charge in [0.2, 0.25) is 0 Å². The Morgan fingerprint density at radius 3 is 2.48 bits per heavy atom. The average molecular weight is 405 g/mol. The third-order valence-corrected chi connectivity index (χ3v) is 5.85. The van der Waals surface area contributed by atoms with Gasteiger partial charge in [-0.2, -0.15) is 0 Å². The number of piperidine rings is 1. The predicted octanol–water partition coefficient (Wildman–Crippen LogP) is 5.65. The summed E-state index contributed by atoms with van der Waals surface area (Å²) in [7, 11) is 0. The zero-order chi connectivity index (χ0) is 18.9. The maximum atomic E-state index is 11.3. The third kappa shape index (κ3) is 3.74. The highest BCUT2D eigenvalue weighted by Crippen LogP contribution is 2.35. The second-order valence-electron chi connectivity index (χ2n) is 7.65. The molecule has 1 aliphatic heterocycles. The number of hydrogen-bond donors (Lipinski definition) is 2. The molecule has 0 aliphatic carbocycles. The van der Waals surface area contributed by atoms with E-state index in [2.05, 4.69) is 59.9 Å². The summed E-state index contributed by atoms with van der Waals surface area (Å²) in [5, 5.41) is 18.1. The van der Waals surface area contributed by atoms with Crippen molar-refractivity contribution in [1.29, 1.82) is 0 Å². The summed E-state index contributed by atoms with van der Waals surface area (Å²) in [6.07, 6.45) is 2.79. The van der Waals surface area contributed by atoms with Gasteiger partial charge in [0.15, 0.2) is 0 Å². The Kier molecular flexibility index (Phi) is 5.81. The Hall–Kier alpha value is -2.46. The Bertz CT molecular complexity index is 1120. The largest absolute Gasteiger partial charge is 0.387 e. The van der Waals surface area contributed by atoms with E-state index < -0.39 is 6.10 Å². The molecular formula is C25H25ClN2O. The highest BCUT2D eigenvalue weighted by atomic mass is 35.5. The van der Waals surface area contributed by atoms with Crippen LogP contribution in [0.2, 0.25) is 0 Å². The number of hydrogen-bond acceptors (Lipinski definition) is 3. The lowest BCUT2D eigenvalue weighted by molar-refractivity contribution is 0.115. The Labute approximate surface area is 177 Å². The minimum atomic E-state index is -0.547. The van der Waals surface area contributed by atoms with Gasteiger partial charge in [0.1, 0.15) is 0 Å². The van der Waals surface area contributed by atoms with Crippen LogP contribution in [0.3, 0.4) is 0 Å². The van der Waals surface area contributed by atoms with Crippen molar-refractivity contribution in [3.63, 3.8) is 0 Å². The van der Waals surface area contributed by atoms with Crippen LogP contribution < -0.4 is 5.32 Å². The molecule has 2 atom stereocenters. The fraction of sp³-hybridized carbons (Fsp3) is 0.240. The van der Waals surface area contributed by atoms with Crippen LogP contribution in [0.25, 0.3) is 32.9 Å². The van der Waals surface area contributed by atoms with E-state index in [1.807, 2.05) is 18.2 Å². The van der Waals surface area contributed by atoms with Crippen molar-refractivity contribution in [2.45, 2.75) is 31.4 Å². The number of pyridine rings is 1. The number of benzene rings is 3. The molecule has 0 saturated carbocycles. The predicted molar refractivity (Wildman–Crippen MR) is 123 cm³/mol. The van der Waals surface area contributed by atoms with E-state index in [1.54, 1.807) is 0 Å². The van der Waals surface area contributed by atoms with Crippen molar-refractivity contribution in [3.8, 4) is 11.3 Å². The molecule has 148 valence electrons. The molecule has 0 bridgehead atoms. The molecule has 1 saturated heterocycles. The topological polar surface area (TPSA) is 45.2 Å². The lowest BCUT2D eigenvalue weighted by Crippen LogP contribution is -2.38. The third-order valence-electron chi connectivity index (χ3n) is 5.85. The van der Waals surface area contributed by atoms with Crippen molar-refractivity contribution >= 4 is 34.1 Å². The number of nitrogens with zero attached hydrogens (tertiary/aromatic N) is 1. The van der Waals surface area contributed by atoms with E-state index in [4.69, 9.17) is 4.98 Å². The lowest BCUT2D eigenvalue weighted by atomic mass is 9.91. The summed E-state index contributed by atoms with van der Waals surface area (Å²) in [5.74, 6) is 0. The van der Waals surface area contributed by atoms with Crippen LogP contribution in [0.1, 0.15) is 30.9 Å². The Morgan fingerprint density at radius 1 is 0.897 bits per heavy atom. The molecule has 3 aromatic carbocycles. The van der Waals surface area contributed by atoms with Gasteiger partial charge in [-0.3, -0.25) is 0 Å². The van der Waals surface area contributed by atoms with Gasteiger partial charge in [0.25, 0.3) is 0 Å². The zero-order valence-corrected chi connectivity index (χ0v) is 17.0. The maximum absolute atomic E-state index is 11.3. The molecule has 3 nitrogen and oxygen atoms in total. The van der Waals surface area contributed by atoms with E-state index in [9.17, 15) is 5.11 Å². The van der Waals surface area contributed by atoms with Crippen molar-refractivity contribution < 1.29 is 5.11 Å². The summed E-state index contributed by atoms with van der Waals surface area (Å²) in [6, 6.07) is 25.0. The summed E-state index contributed by atoms with van der Waals surface area (Å²) >= 11 is 0. The monoisotopic (exact) mass is 404 g/mol. The van der Waals surface area contributed by atoms with Gasteiger partial charge in [-0.05, 0) is 36.4 Å². The van der Waals surface area contributed by atoms with Gasteiger partial charge < -0.3 is 10.4 Å². The standard InChI is InChI=1S/C25H24N2O.ClH/c28-25(22-12-6-7-15-26-22)21-16-23(18-9-2-1-3-10-18)27-24-19-11-5-4-8-17(19)13-14-20(21)24;/h1-5,8-11,13-14,16,22,25-26,28H,6-7,12,15H2;1H.